The number of nitrogens with one attached hydrogen (secondary N) is 1. The molecule has 8 nitrogen and oxygen atoms in total. The highest BCUT2D eigenvalue weighted by atomic mass is 16.6. The minimum atomic E-state index is -0.605. The number of amides is 2. The van der Waals surface area contributed by atoms with Gasteiger partial charge in [-0.25, -0.2) is 14.6 Å². The maximum absolute atomic E-state index is 12.4. The molecule has 0 saturated carbocycles. The van der Waals surface area contributed by atoms with Crippen LogP contribution in [0.15, 0.2) is 18.3 Å². The molecule has 0 aromatic carbocycles. The number of nitrogens with zero attached hydrogens (tertiary/aromatic N) is 2. The van der Waals surface area contributed by atoms with E-state index in [4.69, 9.17) is 9.47 Å². The third-order valence-electron chi connectivity index (χ3n) is 3.66. The largest absolute Gasteiger partial charge is 0.444 e. The number of rotatable bonds is 8. The first-order chi connectivity index (χ1) is 13.8. The molecule has 0 aliphatic heterocycles. The number of Topliss-reactive ketones (excluding diaryl/α,β-unsaturated/α-hetero) is 1. The van der Waals surface area contributed by atoms with Crippen LogP contribution in [0.3, 0.4) is 0 Å². The van der Waals surface area contributed by atoms with E-state index in [0.717, 1.165) is 6.42 Å². The first-order valence-corrected chi connectivity index (χ1v) is 10.3. The Morgan fingerprint density at radius 3 is 2.17 bits per heavy atom. The Kier molecular flexibility index (Phi) is 9.26. The van der Waals surface area contributed by atoms with Gasteiger partial charge in [0.2, 0.25) is 0 Å². The monoisotopic (exact) mass is 421 g/mol. The van der Waals surface area contributed by atoms with Crippen LogP contribution in [-0.2, 0) is 9.47 Å². The number of aromatic nitrogens is 1. The van der Waals surface area contributed by atoms with Crippen LogP contribution in [0, 0.1) is 0 Å². The number of ether oxygens (including phenoxy) is 2. The zero-order chi connectivity index (χ0) is 22.9. The molecule has 1 heterocycles. The van der Waals surface area contributed by atoms with Gasteiger partial charge in [0.15, 0.2) is 5.78 Å². The number of anilines is 1. The van der Waals surface area contributed by atoms with Gasteiger partial charge in [-0.15, -0.1) is 0 Å². The van der Waals surface area contributed by atoms with Crippen molar-refractivity contribution < 1.29 is 23.9 Å². The second-order valence-electron chi connectivity index (χ2n) is 8.99. The van der Waals surface area contributed by atoms with Gasteiger partial charge in [0.05, 0.1) is 0 Å². The highest BCUT2D eigenvalue weighted by molar-refractivity contribution is 5.96. The molecule has 0 radical (unpaired) electrons. The average molecular weight is 422 g/mol. The van der Waals surface area contributed by atoms with Gasteiger partial charge < -0.3 is 14.8 Å². The number of carbonyl (C=O) groups is 3. The third kappa shape index (κ3) is 9.71. The standard InChI is InChI=1S/C22H35N3O5/c1-8-14-25(20(28)30-22(5,6)7)18-12-11-16(15-24-18)17(26)10-9-13-23-19(27)29-21(2,3)4/h11-12,15H,8-10,13-14H2,1-7H3,(H,23,27). The first-order valence-electron chi connectivity index (χ1n) is 10.3. The van der Waals surface area contributed by atoms with Crippen LogP contribution in [0.4, 0.5) is 15.4 Å². The Bertz CT molecular complexity index is 718. The summed E-state index contributed by atoms with van der Waals surface area (Å²) in [6.07, 6.45) is 1.99. The number of hydrogen-bond donors (Lipinski definition) is 1. The topological polar surface area (TPSA) is 97.8 Å². The van der Waals surface area contributed by atoms with Crippen LogP contribution in [0.25, 0.3) is 0 Å². The summed E-state index contributed by atoms with van der Waals surface area (Å²) in [6, 6.07) is 3.30. The van der Waals surface area contributed by atoms with E-state index in [1.807, 2.05) is 27.7 Å². The van der Waals surface area contributed by atoms with Gasteiger partial charge in [-0.2, -0.15) is 0 Å². The number of carbonyl (C=O) groups excluding carboxylic acids is 3. The maximum atomic E-state index is 12.4. The lowest BCUT2D eigenvalue weighted by Gasteiger charge is -2.26. The summed E-state index contributed by atoms with van der Waals surface area (Å²) < 4.78 is 10.6. The molecule has 168 valence electrons. The Balaban J connectivity index is 2.62. The molecule has 1 aromatic heterocycles. The van der Waals surface area contributed by atoms with E-state index in [2.05, 4.69) is 10.3 Å². The Morgan fingerprint density at radius 2 is 1.67 bits per heavy atom. The van der Waals surface area contributed by atoms with Crippen LogP contribution in [0.1, 0.15) is 78.1 Å². The Morgan fingerprint density at radius 1 is 1.03 bits per heavy atom. The zero-order valence-corrected chi connectivity index (χ0v) is 19.2. The summed E-state index contributed by atoms with van der Waals surface area (Å²) >= 11 is 0. The molecule has 8 heteroatoms. The SMILES string of the molecule is CCCN(C(=O)OC(C)(C)C)c1ccc(C(=O)CCCNC(=O)OC(C)(C)C)cn1. The second kappa shape index (κ2) is 10.9. The molecular formula is C22H35N3O5. The van der Waals surface area contributed by atoms with Gasteiger partial charge in [0, 0.05) is 31.3 Å². The minimum Gasteiger partial charge on any atom is -0.444 e. The van der Waals surface area contributed by atoms with Crippen LogP contribution >= 0.6 is 0 Å². The van der Waals surface area contributed by atoms with E-state index in [1.165, 1.54) is 11.1 Å². The fourth-order valence-electron chi connectivity index (χ4n) is 2.45. The molecular weight excluding hydrogens is 386 g/mol. The van der Waals surface area contributed by atoms with Crippen LogP contribution in [0.5, 0.6) is 0 Å². The van der Waals surface area contributed by atoms with Crippen molar-refractivity contribution in [3.05, 3.63) is 23.9 Å². The first kappa shape index (κ1) is 25.4. The van der Waals surface area contributed by atoms with Crippen molar-refractivity contribution in [1.29, 1.82) is 0 Å². The quantitative estimate of drug-likeness (QED) is 0.482. The summed E-state index contributed by atoms with van der Waals surface area (Å²) in [5.74, 6) is 0.355. The van der Waals surface area contributed by atoms with Crippen LogP contribution in [-0.4, -0.2) is 47.2 Å². The van der Waals surface area contributed by atoms with Crippen molar-refractivity contribution in [3.8, 4) is 0 Å². The van der Waals surface area contributed by atoms with Crippen molar-refractivity contribution in [2.45, 2.75) is 78.9 Å². The van der Waals surface area contributed by atoms with Gasteiger partial charge in [-0.1, -0.05) is 6.92 Å². The van der Waals surface area contributed by atoms with Crippen molar-refractivity contribution in [1.82, 2.24) is 10.3 Å². The van der Waals surface area contributed by atoms with Crippen molar-refractivity contribution in [2.24, 2.45) is 0 Å². The molecule has 1 rings (SSSR count). The number of alkyl carbamates (subject to hydrolysis) is 1. The predicted molar refractivity (Wildman–Crippen MR) is 116 cm³/mol. The molecule has 1 aromatic rings. The molecule has 0 aliphatic carbocycles. The summed E-state index contributed by atoms with van der Waals surface area (Å²) in [4.78, 5) is 42.1. The van der Waals surface area contributed by atoms with E-state index in [1.54, 1.807) is 32.9 Å². The fourth-order valence-corrected chi connectivity index (χ4v) is 2.45. The van der Waals surface area contributed by atoms with Crippen LogP contribution < -0.4 is 10.2 Å². The molecule has 0 spiro atoms. The maximum Gasteiger partial charge on any atom is 0.416 e. The zero-order valence-electron chi connectivity index (χ0n) is 19.2. The molecule has 2 amide bonds. The number of pyridine rings is 1. The van der Waals surface area contributed by atoms with Gasteiger partial charge in [0.25, 0.3) is 0 Å². The number of hydrogen-bond acceptors (Lipinski definition) is 6. The lowest BCUT2D eigenvalue weighted by molar-refractivity contribution is 0.0523. The van der Waals surface area contributed by atoms with Crippen molar-refractivity contribution in [2.75, 3.05) is 18.0 Å². The summed E-state index contributed by atoms with van der Waals surface area (Å²) in [5.41, 5.74) is -0.707. The second-order valence-corrected chi connectivity index (χ2v) is 8.99. The minimum absolute atomic E-state index is 0.0839. The highest BCUT2D eigenvalue weighted by Gasteiger charge is 2.24. The Labute approximate surface area is 179 Å². The van der Waals surface area contributed by atoms with Gasteiger partial charge >= 0.3 is 12.2 Å². The van der Waals surface area contributed by atoms with Crippen molar-refractivity contribution >= 4 is 23.8 Å². The molecule has 30 heavy (non-hydrogen) atoms. The van der Waals surface area contributed by atoms with E-state index < -0.39 is 23.4 Å². The van der Waals surface area contributed by atoms with Gasteiger partial charge in [0.1, 0.15) is 17.0 Å². The molecule has 0 saturated heterocycles. The number of ketones is 1. The average Bonchev–Trinajstić information content (AvgIpc) is 2.60. The van der Waals surface area contributed by atoms with Gasteiger partial charge in [-0.3, -0.25) is 9.69 Å². The fraction of sp³-hybridized carbons (Fsp3) is 0.636. The molecule has 0 bridgehead atoms. The Hall–Kier alpha value is -2.64. The van der Waals surface area contributed by atoms with E-state index in [-0.39, 0.29) is 12.2 Å². The summed E-state index contributed by atoms with van der Waals surface area (Å²) in [6.45, 7) is 13.6. The molecule has 0 atom stereocenters. The van der Waals surface area contributed by atoms with Crippen LogP contribution in [0.2, 0.25) is 0 Å². The van der Waals surface area contributed by atoms with Gasteiger partial charge in [-0.05, 0) is 66.5 Å². The molecule has 0 fully saturated rings. The molecule has 0 unspecified atom stereocenters. The third-order valence-corrected chi connectivity index (χ3v) is 3.66. The van der Waals surface area contributed by atoms with E-state index in [0.29, 0.717) is 30.9 Å². The summed E-state index contributed by atoms with van der Waals surface area (Å²) in [5, 5.41) is 2.63. The summed E-state index contributed by atoms with van der Waals surface area (Å²) in [7, 11) is 0. The molecule has 0 aliphatic rings. The lowest BCUT2D eigenvalue weighted by atomic mass is 10.1. The smallest absolute Gasteiger partial charge is 0.416 e. The van der Waals surface area contributed by atoms with E-state index in [9.17, 15) is 14.4 Å². The normalized spacial score (nSPS) is 11.6. The molecule has 1 N–H and O–H groups in total. The highest BCUT2D eigenvalue weighted by Crippen LogP contribution is 2.18. The predicted octanol–water partition coefficient (Wildman–Crippen LogP) is 4.72. The van der Waals surface area contributed by atoms with E-state index >= 15 is 0 Å². The lowest BCUT2D eigenvalue weighted by Crippen LogP contribution is -2.37. The van der Waals surface area contributed by atoms with Crippen molar-refractivity contribution in [3.63, 3.8) is 0 Å².